The fraction of sp³-hybridized carbons (Fsp3) is 0.176. The monoisotopic (exact) mass is 381 g/mol. The van der Waals surface area contributed by atoms with Gasteiger partial charge in [-0.3, -0.25) is 10.2 Å². The van der Waals surface area contributed by atoms with Crippen molar-refractivity contribution in [1.82, 2.24) is 5.43 Å². The zero-order chi connectivity index (χ0) is 17.4. The van der Waals surface area contributed by atoms with E-state index in [1.54, 1.807) is 13.0 Å². The second kappa shape index (κ2) is 6.63. The molecule has 0 bridgehead atoms. The van der Waals surface area contributed by atoms with Gasteiger partial charge in [0.05, 0.1) is 32.4 Å². The van der Waals surface area contributed by atoms with Crippen molar-refractivity contribution < 1.29 is 4.79 Å². The average molecular weight is 383 g/mol. The Bertz CT molecular complexity index is 834. The third-order valence-corrected chi connectivity index (χ3v) is 4.78. The first-order chi connectivity index (χ1) is 11.4. The molecule has 124 valence electrons. The van der Waals surface area contributed by atoms with Gasteiger partial charge >= 0.3 is 0 Å². The molecule has 1 saturated heterocycles. The lowest BCUT2D eigenvalue weighted by atomic mass is 10.1. The minimum Gasteiger partial charge on any atom is -0.277 e. The van der Waals surface area contributed by atoms with Crippen molar-refractivity contribution in [1.29, 1.82) is 0 Å². The normalized spacial score (nSPS) is 19.0. The molecule has 0 aromatic heterocycles. The highest BCUT2D eigenvalue weighted by atomic mass is 35.5. The van der Waals surface area contributed by atoms with Crippen molar-refractivity contribution in [3.05, 3.63) is 57.0 Å². The van der Waals surface area contributed by atoms with Gasteiger partial charge in [0.1, 0.15) is 5.84 Å². The molecule has 1 unspecified atom stereocenters. The molecule has 4 nitrogen and oxygen atoms in total. The Labute approximate surface area is 155 Å². The third kappa shape index (κ3) is 3.22. The molecule has 0 aliphatic carbocycles. The molecule has 1 fully saturated rings. The van der Waals surface area contributed by atoms with Gasteiger partial charge in [0.25, 0.3) is 5.91 Å². The van der Waals surface area contributed by atoms with E-state index in [-0.39, 0.29) is 5.91 Å². The summed E-state index contributed by atoms with van der Waals surface area (Å²) >= 11 is 18.1. The van der Waals surface area contributed by atoms with Gasteiger partial charge in [-0.05, 0) is 38.1 Å². The Hall–Kier alpha value is -1.75. The van der Waals surface area contributed by atoms with E-state index in [4.69, 9.17) is 34.8 Å². The number of carbonyl (C=O) groups is 1. The molecule has 1 heterocycles. The van der Waals surface area contributed by atoms with Crippen LogP contribution in [0.3, 0.4) is 0 Å². The van der Waals surface area contributed by atoms with Crippen LogP contribution in [-0.2, 0) is 4.79 Å². The number of hydrazine groups is 1. The average Bonchev–Trinajstić information content (AvgIpc) is 2.82. The van der Waals surface area contributed by atoms with Gasteiger partial charge in [-0.25, -0.2) is 10.0 Å². The molecule has 1 aliphatic rings. The summed E-state index contributed by atoms with van der Waals surface area (Å²) in [5.41, 5.74) is 5.37. The molecule has 24 heavy (non-hydrogen) atoms. The SMILES string of the molecule is Cc1ccc(N2NC(=Nc3cc(Cl)c(Cl)cc3Cl)C(C)C2=O)cc1. The number of aliphatic imine (C=N–C) groups is 1. The molecule has 1 aliphatic heterocycles. The lowest BCUT2D eigenvalue weighted by molar-refractivity contribution is -0.119. The molecule has 7 heteroatoms. The van der Waals surface area contributed by atoms with Crippen LogP contribution in [0.25, 0.3) is 0 Å². The second-order valence-electron chi connectivity index (χ2n) is 5.56. The number of hydrogen-bond acceptors (Lipinski definition) is 2. The quantitative estimate of drug-likeness (QED) is 0.728. The van der Waals surface area contributed by atoms with Gasteiger partial charge in [-0.2, -0.15) is 0 Å². The number of carbonyl (C=O) groups excluding carboxylic acids is 1. The highest BCUT2D eigenvalue weighted by molar-refractivity contribution is 6.44. The van der Waals surface area contributed by atoms with E-state index in [0.717, 1.165) is 11.3 Å². The predicted octanol–water partition coefficient (Wildman–Crippen LogP) is 5.17. The molecule has 2 aromatic rings. The van der Waals surface area contributed by atoms with Crippen molar-refractivity contribution in [2.24, 2.45) is 10.9 Å². The van der Waals surface area contributed by atoms with Gasteiger partial charge in [-0.1, -0.05) is 52.5 Å². The molecule has 0 saturated carbocycles. The lowest BCUT2D eigenvalue weighted by Crippen LogP contribution is -2.35. The molecule has 0 spiro atoms. The number of nitrogens with one attached hydrogen (secondary N) is 1. The maximum Gasteiger partial charge on any atom is 0.256 e. The van der Waals surface area contributed by atoms with Crippen molar-refractivity contribution in [3.8, 4) is 0 Å². The standard InChI is InChI=1S/C17H14Cl3N3O/c1-9-3-5-11(6-4-9)23-17(24)10(2)16(22-23)21-15-8-13(19)12(18)7-14(15)20/h3-8,10H,1-2H3,(H,21,22). The first-order valence-corrected chi connectivity index (χ1v) is 8.40. The second-order valence-corrected chi connectivity index (χ2v) is 6.78. The maximum absolute atomic E-state index is 12.5. The van der Waals surface area contributed by atoms with E-state index in [2.05, 4.69) is 10.4 Å². The Balaban J connectivity index is 1.94. The number of amidine groups is 1. The van der Waals surface area contributed by atoms with E-state index in [0.29, 0.717) is 26.6 Å². The largest absolute Gasteiger partial charge is 0.277 e. The molecular formula is C17H14Cl3N3O. The molecule has 3 rings (SSSR count). The molecule has 1 amide bonds. The van der Waals surface area contributed by atoms with Crippen molar-refractivity contribution in [2.75, 3.05) is 5.01 Å². The number of aryl methyl sites for hydroxylation is 1. The highest BCUT2D eigenvalue weighted by Gasteiger charge is 2.35. The Morgan fingerprint density at radius 2 is 1.67 bits per heavy atom. The smallest absolute Gasteiger partial charge is 0.256 e. The van der Waals surface area contributed by atoms with E-state index in [1.165, 1.54) is 11.1 Å². The highest BCUT2D eigenvalue weighted by Crippen LogP contribution is 2.35. The van der Waals surface area contributed by atoms with Gasteiger partial charge in [0.15, 0.2) is 0 Å². The number of halogens is 3. The van der Waals surface area contributed by atoms with Crippen LogP contribution >= 0.6 is 34.8 Å². The fourth-order valence-electron chi connectivity index (χ4n) is 2.31. The fourth-order valence-corrected chi connectivity index (χ4v) is 2.90. The number of hydrogen-bond donors (Lipinski definition) is 1. The van der Waals surface area contributed by atoms with Gasteiger partial charge < -0.3 is 0 Å². The third-order valence-electron chi connectivity index (χ3n) is 3.75. The zero-order valence-electron chi connectivity index (χ0n) is 13.0. The molecule has 2 aromatic carbocycles. The maximum atomic E-state index is 12.5. The van der Waals surface area contributed by atoms with E-state index < -0.39 is 5.92 Å². The summed E-state index contributed by atoms with van der Waals surface area (Å²) in [6, 6.07) is 10.8. The summed E-state index contributed by atoms with van der Waals surface area (Å²) in [7, 11) is 0. The summed E-state index contributed by atoms with van der Waals surface area (Å²) in [4.78, 5) is 17.0. The molecule has 1 N–H and O–H groups in total. The number of anilines is 1. The summed E-state index contributed by atoms with van der Waals surface area (Å²) in [6.07, 6.45) is 0. The van der Waals surface area contributed by atoms with Crippen LogP contribution in [0.4, 0.5) is 11.4 Å². The topological polar surface area (TPSA) is 44.7 Å². The van der Waals surface area contributed by atoms with Crippen LogP contribution in [0.2, 0.25) is 15.1 Å². The van der Waals surface area contributed by atoms with E-state index in [9.17, 15) is 4.79 Å². The first-order valence-electron chi connectivity index (χ1n) is 7.27. The number of amides is 1. The Kier molecular flexibility index (Phi) is 4.72. The summed E-state index contributed by atoms with van der Waals surface area (Å²) in [6.45, 7) is 3.78. The van der Waals surface area contributed by atoms with Crippen LogP contribution in [0.5, 0.6) is 0 Å². The molecule has 1 atom stereocenters. The molecule has 0 radical (unpaired) electrons. The van der Waals surface area contributed by atoms with Crippen LogP contribution in [0, 0.1) is 12.8 Å². The Morgan fingerprint density at radius 1 is 1.04 bits per heavy atom. The van der Waals surface area contributed by atoms with Gasteiger partial charge in [0.2, 0.25) is 0 Å². The van der Waals surface area contributed by atoms with Crippen LogP contribution in [-0.4, -0.2) is 11.7 Å². The summed E-state index contributed by atoms with van der Waals surface area (Å²) in [5.74, 6) is -0.00790. The van der Waals surface area contributed by atoms with E-state index >= 15 is 0 Å². The summed E-state index contributed by atoms with van der Waals surface area (Å²) in [5, 5.41) is 2.56. The number of nitrogens with zero attached hydrogens (tertiary/aromatic N) is 2. The lowest BCUT2D eigenvalue weighted by Gasteiger charge is -2.16. The van der Waals surface area contributed by atoms with Gasteiger partial charge in [-0.15, -0.1) is 0 Å². The van der Waals surface area contributed by atoms with E-state index in [1.807, 2.05) is 31.2 Å². The van der Waals surface area contributed by atoms with Crippen molar-refractivity contribution in [3.63, 3.8) is 0 Å². The Morgan fingerprint density at radius 3 is 2.33 bits per heavy atom. The van der Waals surface area contributed by atoms with Crippen LogP contribution < -0.4 is 10.4 Å². The molecular weight excluding hydrogens is 369 g/mol. The number of benzene rings is 2. The zero-order valence-corrected chi connectivity index (χ0v) is 15.2. The van der Waals surface area contributed by atoms with Crippen LogP contribution in [0.1, 0.15) is 12.5 Å². The van der Waals surface area contributed by atoms with Gasteiger partial charge in [0, 0.05) is 0 Å². The first kappa shape index (κ1) is 17.1. The van der Waals surface area contributed by atoms with Crippen molar-refractivity contribution >= 4 is 57.9 Å². The van der Waals surface area contributed by atoms with Crippen molar-refractivity contribution in [2.45, 2.75) is 13.8 Å². The predicted molar refractivity (Wildman–Crippen MR) is 99.5 cm³/mol. The summed E-state index contributed by atoms with van der Waals surface area (Å²) < 4.78 is 0. The minimum absolute atomic E-state index is 0.0891. The van der Waals surface area contributed by atoms with Crippen LogP contribution in [0.15, 0.2) is 41.4 Å². The minimum atomic E-state index is -0.420. The number of rotatable bonds is 2.